The second kappa shape index (κ2) is 8.54. The summed E-state index contributed by atoms with van der Waals surface area (Å²) in [5.74, 6) is -0.538. The predicted molar refractivity (Wildman–Crippen MR) is 112 cm³/mol. The van der Waals surface area contributed by atoms with Gasteiger partial charge in [-0.1, -0.05) is 29.8 Å². The van der Waals surface area contributed by atoms with Crippen molar-refractivity contribution in [2.24, 2.45) is 0 Å². The second-order valence-corrected chi connectivity index (χ2v) is 8.73. The highest BCUT2D eigenvalue weighted by Gasteiger charge is 2.22. The number of fused-ring (bicyclic) bond motifs is 1. The molecule has 0 radical (unpaired) electrons. The lowest BCUT2D eigenvalue weighted by Gasteiger charge is -2.11. The largest absolute Gasteiger partial charge is 0.454 e. The molecule has 0 aliphatic carbocycles. The molecule has 4 rings (SSSR count). The molecule has 0 saturated carbocycles. The maximum Gasteiger partial charge on any atom is 0.255 e. The summed E-state index contributed by atoms with van der Waals surface area (Å²) in [5, 5.41) is 2.89. The average Bonchev–Trinajstić information content (AvgIpc) is 3.22. The average molecular weight is 463 g/mol. The van der Waals surface area contributed by atoms with Gasteiger partial charge < -0.3 is 14.8 Å². The summed E-state index contributed by atoms with van der Waals surface area (Å²) in [6, 6.07) is 14.6. The third-order valence-corrected chi connectivity index (χ3v) is 6.25. The molecule has 10 heteroatoms. The number of carbonyl (C=O) groups excluding carboxylic acids is 1. The first kappa shape index (κ1) is 21.1. The van der Waals surface area contributed by atoms with Gasteiger partial charge in [-0.2, -0.15) is 0 Å². The van der Waals surface area contributed by atoms with Gasteiger partial charge in [0.2, 0.25) is 16.8 Å². The number of halogens is 2. The van der Waals surface area contributed by atoms with E-state index >= 15 is 0 Å². The zero-order chi connectivity index (χ0) is 22.0. The lowest BCUT2D eigenvalue weighted by Crippen LogP contribution is -2.25. The SMILES string of the molecule is O=C(Nc1ccccc1Cl)c1ccc(F)c(S(=O)(=O)NCc2ccc3c(c2)OCO3)c1. The maximum atomic E-state index is 14.3. The summed E-state index contributed by atoms with van der Waals surface area (Å²) in [5.41, 5.74) is 0.912. The molecule has 1 heterocycles. The van der Waals surface area contributed by atoms with Gasteiger partial charge in [0, 0.05) is 12.1 Å². The van der Waals surface area contributed by atoms with Gasteiger partial charge in [0.05, 0.1) is 10.7 Å². The smallest absolute Gasteiger partial charge is 0.255 e. The van der Waals surface area contributed by atoms with Crippen LogP contribution in [0, 0.1) is 5.82 Å². The van der Waals surface area contributed by atoms with Gasteiger partial charge in [-0.25, -0.2) is 17.5 Å². The molecule has 2 N–H and O–H groups in total. The van der Waals surface area contributed by atoms with E-state index in [1.807, 2.05) is 0 Å². The monoisotopic (exact) mass is 462 g/mol. The van der Waals surface area contributed by atoms with Crippen LogP contribution in [0.3, 0.4) is 0 Å². The van der Waals surface area contributed by atoms with Gasteiger partial charge in [0.1, 0.15) is 10.7 Å². The summed E-state index contributed by atoms with van der Waals surface area (Å²) < 4.78 is 52.5. The van der Waals surface area contributed by atoms with Crippen LogP contribution in [0.1, 0.15) is 15.9 Å². The molecule has 0 fully saturated rings. The Kier molecular flexibility index (Phi) is 5.81. The molecule has 3 aromatic rings. The molecule has 160 valence electrons. The number of anilines is 1. The van der Waals surface area contributed by atoms with Crippen LogP contribution in [0.4, 0.5) is 10.1 Å². The van der Waals surface area contributed by atoms with Crippen LogP contribution in [0.2, 0.25) is 5.02 Å². The molecule has 3 aromatic carbocycles. The lowest BCUT2D eigenvalue weighted by atomic mass is 10.2. The number of amides is 1. The van der Waals surface area contributed by atoms with E-state index in [9.17, 15) is 17.6 Å². The van der Waals surface area contributed by atoms with Crippen LogP contribution in [-0.4, -0.2) is 21.1 Å². The van der Waals surface area contributed by atoms with Gasteiger partial charge in [-0.05, 0) is 48.0 Å². The fourth-order valence-electron chi connectivity index (χ4n) is 2.91. The summed E-state index contributed by atoms with van der Waals surface area (Å²) in [6.07, 6.45) is 0. The van der Waals surface area contributed by atoms with E-state index in [1.165, 1.54) is 6.07 Å². The number of benzene rings is 3. The van der Waals surface area contributed by atoms with Gasteiger partial charge in [-0.3, -0.25) is 4.79 Å². The van der Waals surface area contributed by atoms with Crippen LogP contribution in [0.5, 0.6) is 11.5 Å². The molecule has 0 atom stereocenters. The Morgan fingerprint density at radius 2 is 1.81 bits per heavy atom. The Morgan fingerprint density at radius 3 is 2.61 bits per heavy atom. The molecule has 0 bridgehead atoms. The number of hydrogen-bond acceptors (Lipinski definition) is 5. The fourth-order valence-corrected chi connectivity index (χ4v) is 4.22. The van der Waals surface area contributed by atoms with E-state index in [2.05, 4.69) is 10.0 Å². The highest BCUT2D eigenvalue weighted by molar-refractivity contribution is 7.89. The van der Waals surface area contributed by atoms with Crippen LogP contribution in [0.15, 0.2) is 65.6 Å². The van der Waals surface area contributed by atoms with Crippen LogP contribution in [-0.2, 0) is 16.6 Å². The molecule has 1 amide bonds. The van der Waals surface area contributed by atoms with Crippen molar-refractivity contribution >= 4 is 33.2 Å². The molecule has 7 nitrogen and oxygen atoms in total. The molecule has 1 aliphatic rings. The first-order valence-electron chi connectivity index (χ1n) is 9.07. The molecule has 0 spiro atoms. The van der Waals surface area contributed by atoms with Crippen molar-refractivity contribution in [2.45, 2.75) is 11.4 Å². The van der Waals surface area contributed by atoms with Crippen LogP contribution < -0.4 is 19.5 Å². The molecule has 31 heavy (non-hydrogen) atoms. The normalized spacial score (nSPS) is 12.6. The van der Waals surface area contributed by atoms with Crippen LogP contribution in [0.25, 0.3) is 0 Å². The Hall–Kier alpha value is -3.14. The zero-order valence-electron chi connectivity index (χ0n) is 15.9. The summed E-state index contributed by atoms with van der Waals surface area (Å²) in [6.45, 7) is -0.00671. The Labute approximate surface area is 182 Å². The first-order chi connectivity index (χ1) is 14.8. The van der Waals surface area contributed by atoms with Crippen molar-refractivity contribution in [2.75, 3.05) is 12.1 Å². The fraction of sp³-hybridized carbons (Fsp3) is 0.0952. The predicted octanol–water partition coefficient (Wildman–Crippen LogP) is 3.94. The number of sulfonamides is 1. The van der Waals surface area contributed by atoms with Crippen molar-refractivity contribution in [3.05, 3.63) is 82.6 Å². The Morgan fingerprint density at radius 1 is 1.03 bits per heavy atom. The summed E-state index contributed by atoms with van der Waals surface area (Å²) in [4.78, 5) is 11.9. The first-order valence-corrected chi connectivity index (χ1v) is 10.9. The molecule has 0 saturated heterocycles. The highest BCUT2D eigenvalue weighted by Crippen LogP contribution is 2.32. The minimum absolute atomic E-state index is 0.0372. The van der Waals surface area contributed by atoms with Crippen LogP contribution >= 0.6 is 11.6 Å². The molecular weight excluding hydrogens is 447 g/mol. The van der Waals surface area contributed by atoms with Gasteiger partial charge in [0.15, 0.2) is 11.5 Å². The molecular formula is C21H16ClFN2O5S. The number of hydrogen-bond donors (Lipinski definition) is 2. The summed E-state index contributed by atoms with van der Waals surface area (Å²) >= 11 is 6.02. The van der Waals surface area contributed by atoms with E-state index in [0.717, 1.165) is 12.1 Å². The third-order valence-electron chi connectivity index (χ3n) is 4.51. The van der Waals surface area contributed by atoms with E-state index in [1.54, 1.807) is 42.5 Å². The quantitative estimate of drug-likeness (QED) is 0.578. The number of para-hydroxylation sites is 1. The minimum Gasteiger partial charge on any atom is -0.454 e. The van der Waals surface area contributed by atoms with Gasteiger partial charge >= 0.3 is 0 Å². The number of carbonyl (C=O) groups is 1. The van der Waals surface area contributed by atoms with Crippen molar-refractivity contribution < 1.29 is 27.1 Å². The molecule has 0 aromatic heterocycles. The van der Waals surface area contributed by atoms with Gasteiger partial charge in [0.25, 0.3) is 5.91 Å². The van der Waals surface area contributed by atoms with Crippen molar-refractivity contribution in [1.29, 1.82) is 0 Å². The minimum atomic E-state index is -4.24. The summed E-state index contributed by atoms with van der Waals surface area (Å²) in [7, 11) is -4.24. The van der Waals surface area contributed by atoms with Crippen molar-refractivity contribution in [3.63, 3.8) is 0 Å². The highest BCUT2D eigenvalue weighted by atomic mass is 35.5. The Balaban J connectivity index is 1.52. The number of nitrogens with one attached hydrogen (secondary N) is 2. The number of rotatable bonds is 6. The third kappa shape index (κ3) is 4.63. The molecule has 0 unspecified atom stereocenters. The van der Waals surface area contributed by atoms with E-state index in [0.29, 0.717) is 27.8 Å². The Bertz CT molecular complexity index is 1270. The van der Waals surface area contributed by atoms with E-state index in [4.69, 9.17) is 21.1 Å². The standard InChI is InChI=1S/C21H16ClFN2O5S/c22-15-3-1-2-4-17(15)25-21(26)14-6-7-16(23)20(10-14)31(27,28)24-11-13-5-8-18-19(9-13)30-12-29-18/h1-10,24H,11-12H2,(H,25,26). The van der Waals surface area contributed by atoms with Crippen molar-refractivity contribution in [3.8, 4) is 11.5 Å². The van der Waals surface area contributed by atoms with Crippen molar-refractivity contribution in [1.82, 2.24) is 4.72 Å². The van der Waals surface area contributed by atoms with Gasteiger partial charge in [-0.15, -0.1) is 0 Å². The number of ether oxygens (including phenoxy) is 2. The molecule has 1 aliphatic heterocycles. The topological polar surface area (TPSA) is 93.7 Å². The zero-order valence-corrected chi connectivity index (χ0v) is 17.5. The van der Waals surface area contributed by atoms with E-state index < -0.39 is 26.6 Å². The van der Waals surface area contributed by atoms with E-state index in [-0.39, 0.29) is 18.9 Å². The lowest BCUT2D eigenvalue weighted by molar-refractivity contribution is 0.102. The maximum absolute atomic E-state index is 14.3. The second-order valence-electron chi connectivity index (χ2n) is 6.59.